The first-order valence-corrected chi connectivity index (χ1v) is 10.1. The second kappa shape index (κ2) is 7.31. The summed E-state index contributed by atoms with van der Waals surface area (Å²) in [6, 6.07) is 14.4. The van der Waals surface area contributed by atoms with E-state index < -0.39 is 0 Å². The molecule has 28 heavy (non-hydrogen) atoms. The monoisotopic (exact) mass is 439 g/mol. The van der Waals surface area contributed by atoms with E-state index in [4.69, 9.17) is 16.0 Å². The third kappa shape index (κ3) is 3.05. The van der Waals surface area contributed by atoms with Gasteiger partial charge < -0.3 is 15.5 Å². The van der Waals surface area contributed by atoms with Crippen LogP contribution in [0.5, 0.6) is 11.6 Å². The average Bonchev–Trinajstić information content (AvgIpc) is 2.71. The molecule has 1 aliphatic rings. The first kappa shape index (κ1) is 18.6. The number of aromatic nitrogens is 2. The van der Waals surface area contributed by atoms with Crippen molar-refractivity contribution in [3.05, 3.63) is 75.4 Å². The molecule has 3 N–H and O–H groups in total. The third-order valence-electron chi connectivity index (χ3n) is 5.18. The van der Waals surface area contributed by atoms with Gasteiger partial charge in [-0.15, -0.1) is 0 Å². The van der Waals surface area contributed by atoms with Crippen molar-refractivity contribution in [3.63, 3.8) is 0 Å². The van der Waals surface area contributed by atoms with Crippen LogP contribution in [0.3, 0.4) is 0 Å². The summed E-state index contributed by atoms with van der Waals surface area (Å²) in [6.07, 6.45) is 1.42. The number of hydrogen-bond donors (Lipinski definition) is 2. The zero-order chi connectivity index (χ0) is 19.8. The predicted molar refractivity (Wildman–Crippen MR) is 113 cm³/mol. The minimum Gasteiger partial charge on any atom is -0.438 e. The summed E-state index contributed by atoms with van der Waals surface area (Å²) in [5, 5.41) is 8.51. The number of halogens is 1. The van der Waals surface area contributed by atoms with E-state index in [0.29, 0.717) is 11.4 Å². The van der Waals surface area contributed by atoms with Crippen molar-refractivity contribution < 1.29 is 4.74 Å². The van der Waals surface area contributed by atoms with Gasteiger partial charge >= 0.3 is 0 Å². The highest BCUT2D eigenvalue weighted by Gasteiger charge is 2.32. The smallest absolute Gasteiger partial charge is 0.228 e. The lowest BCUT2D eigenvalue weighted by Gasteiger charge is -2.30. The van der Waals surface area contributed by atoms with Crippen LogP contribution in [-0.4, -0.2) is 22.7 Å². The van der Waals surface area contributed by atoms with E-state index in [1.807, 2.05) is 12.1 Å². The first-order chi connectivity index (χ1) is 13.5. The van der Waals surface area contributed by atoms with Crippen molar-refractivity contribution in [3.8, 4) is 11.6 Å². The lowest BCUT2D eigenvalue weighted by Crippen LogP contribution is -2.33. The van der Waals surface area contributed by atoms with Gasteiger partial charge in [-0.1, -0.05) is 34.1 Å². The highest BCUT2D eigenvalue weighted by atomic mass is 79.9. The molecule has 0 saturated carbocycles. The molecule has 0 radical (unpaired) electrons. The Hall–Kier alpha value is -2.80. The summed E-state index contributed by atoms with van der Waals surface area (Å²) in [4.78, 5) is 6.63. The molecule has 3 aromatic rings. The summed E-state index contributed by atoms with van der Waals surface area (Å²) in [7, 11) is 0. The number of ether oxygens (including phenoxy) is 1. The maximum absolute atomic E-state index is 8.51. The van der Waals surface area contributed by atoms with Gasteiger partial charge in [-0.05, 0) is 37.6 Å². The maximum Gasteiger partial charge on any atom is 0.228 e. The van der Waals surface area contributed by atoms with Crippen molar-refractivity contribution in [2.45, 2.75) is 19.8 Å². The zero-order valence-corrected chi connectivity index (χ0v) is 17.4. The molecule has 7 heteroatoms. The summed E-state index contributed by atoms with van der Waals surface area (Å²) in [5.74, 6) is 6.96. The number of benzene rings is 2. The molecule has 0 amide bonds. The lowest BCUT2D eigenvalue weighted by molar-refractivity contribution is 0.426. The fraction of sp³-hybridized carbons (Fsp3) is 0.238. The quantitative estimate of drug-likeness (QED) is 0.471. The molecule has 0 spiro atoms. The Morgan fingerprint density at radius 1 is 1.18 bits per heavy atom. The van der Waals surface area contributed by atoms with E-state index >= 15 is 0 Å². The lowest BCUT2D eigenvalue weighted by atomic mass is 9.84. The summed E-state index contributed by atoms with van der Waals surface area (Å²) in [5.41, 5.74) is 4.04. The maximum atomic E-state index is 8.51. The topological polar surface area (TPSA) is 80.2 Å². The van der Waals surface area contributed by atoms with Crippen LogP contribution in [0.15, 0.2) is 53.3 Å². The first-order valence-electron chi connectivity index (χ1n) is 9.26. The fourth-order valence-electron chi connectivity index (χ4n) is 3.72. The SMILES string of the molecule is CCN(CC)c1ccc2c(c1)Oc1ncn(N)c(=N)c1C2c1ccc(Br)cc1. The number of hydrogen-bond acceptors (Lipinski definition) is 5. The second-order valence-corrected chi connectivity index (χ2v) is 7.62. The molecule has 1 atom stereocenters. The van der Waals surface area contributed by atoms with E-state index in [1.165, 1.54) is 11.0 Å². The number of nitrogens with zero attached hydrogens (tertiary/aromatic N) is 3. The Balaban J connectivity index is 1.93. The highest BCUT2D eigenvalue weighted by Crippen LogP contribution is 2.46. The molecule has 2 heterocycles. The second-order valence-electron chi connectivity index (χ2n) is 6.70. The zero-order valence-electron chi connectivity index (χ0n) is 15.8. The number of fused-ring (bicyclic) bond motifs is 2. The van der Waals surface area contributed by atoms with Gasteiger partial charge in [0.25, 0.3) is 0 Å². The Labute approximate surface area is 172 Å². The summed E-state index contributed by atoms with van der Waals surface area (Å²) < 4.78 is 8.36. The summed E-state index contributed by atoms with van der Waals surface area (Å²) in [6.45, 7) is 6.12. The van der Waals surface area contributed by atoms with Crippen molar-refractivity contribution in [2.24, 2.45) is 0 Å². The van der Waals surface area contributed by atoms with E-state index in [1.54, 1.807) is 0 Å². The van der Waals surface area contributed by atoms with Crippen LogP contribution in [0.4, 0.5) is 5.69 Å². The normalized spacial score (nSPS) is 14.8. The van der Waals surface area contributed by atoms with Crippen LogP contribution in [0.1, 0.15) is 36.5 Å². The van der Waals surface area contributed by atoms with Crippen LogP contribution < -0.4 is 21.0 Å². The molecule has 2 aromatic carbocycles. The van der Waals surface area contributed by atoms with Gasteiger partial charge in [0, 0.05) is 40.8 Å². The molecular weight excluding hydrogens is 418 g/mol. The number of nitrogen functional groups attached to an aromatic ring is 1. The highest BCUT2D eigenvalue weighted by molar-refractivity contribution is 9.10. The number of rotatable bonds is 4. The molecule has 0 bridgehead atoms. The van der Waals surface area contributed by atoms with E-state index in [-0.39, 0.29) is 11.4 Å². The van der Waals surface area contributed by atoms with Crippen LogP contribution in [0.2, 0.25) is 0 Å². The van der Waals surface area contributed by atoms with Crippen LogP contribution in [0.25, 0.3) is 0 Å². The van der Waals surface area contributed by atoms with Gasteiger partial charge in [0.1, 0.15) is 12.1 Å². The van der Waals surface area contributed by atoms with E-state index in [2.05, 4.69) is 70.0 Å². The number of nitrogens with two attached hydrogens (primary N) is 1. The van der Waals surface area contributed by atoms with Crippen molar-refractivity contribution >= 4 is 21.6 Å². The van der Waals surface area contributed by atoms with Gasteiger partial charge in [0.2, 0.25) is 5.88 Å². The van der Waals surface area contributed by atoms with Gasteiger partial charge in [-0.25, -0.2) is 9.66 Å². The average molecular weight is 440 g/mol. The Morgan fingerprint density at radius 2 is 1.89 bits per heavy atom. The van der Waals surface area contributed by atoms with Crippen LogP contribution in [-0.2, 0) is 0 Å². The van der Waals surface area contributed by atoms with Crippen molar-refractivity contribution in [1.82, 2.24) is 9.66 Å². The number of anilines is 1. The molecule has 0 fully saturated rings. The molecule has 0 aliphatic carbocycles. The minimum atomic E-state index is -0.173. The van der Waals surface area contributed by atoms with Crippen molar-refractivity contribution in [2.75, 3.05) is 23.8 Å². The Bertz CT molecular complexity index is 1070. The molecule has 1 aromatic heterocycles. The minimum absolute atomic E-state index is 0.173. The van der Waals surface area contributed by atoms with Gasteiger partial charge in [0.15, 0.2) is 5.49 Å². The van der Waals surface area contributed by atoms with Gasteiger partial charge in [-0.3, -0.25) is 5.41 Å². The van der Waals surface area contributed by atoms with Crippen LogP contribution in [0, 0.1) is 5.41 Å². The molecule has 6 nitrogen and oxygen atoms in total. The van der Waals surface area contributed by atoms with E-state index in [9.17, 15) is 0 Å². The Morgan fingerprint density at radius 3 is 2.57 bits per heavy atom. The fourth-order valence-corrected chi connectivity index (χ4v) is 3.98. The largest absolute Gasteiger partial charge is 0.438 e. The molecule has 1 unspecified atom stereocenters. The molecule has 0 saturated heterocycles. The third-order valence-corrected chi connectivity index (χ3v) is 5.71. The standard InChI is InChI=1S/C21H22BrN5O/c1-3-26(4-2)15-9-10-16-17(11-15)28-21-19(20(23)27(24)12-25-21)18(16)13-5-7-14(22)8-6-13/h5-12,18,23H,3-4,24H2,1-2H3. The predicted octanol–water partition coefficient (Wildman–Crippen LogP) is 3.97. The van der Waals surface area contributed by atoms with Gasteiger partial charge in [-0.2, -0.15) is 0 Å². The Kier molecular flexibility index (Phi) is 4.85. The molecule has 1 aliphatic heterocycles. The van der Waals surface area contributed by atoms with Crippen LogP contribution >= 0.6 is 15.9 Å². The van der Waals surface area contributed by atoms with Crippen molar-refractivity contribution in [1.29, 1.82) is 5.41 Å². The molecular formula is C21H22BrN5O. The van der Waals surface area contributed by atoms with Gasteiger partial charge in [0.05, 0.1) is 5.56 Å². The number of nitrogens with one attached hydrogen (secondary N) is 1. The molecule has 4 rings (SSSR count). The van der Waals surface area contributed by atoms with E-state index in [0.717, 1.165) is 40.1 Å². The summed E-state index contributed by atoms with van der Waals surface area (Å²) >= 11 is 3.50. The molecule has 144 valence electrons.